The number of rotatable bonds is 4. The summed E-state index contributed by atoms with van der Waals surface area (Å²) in [4.78, 5) is 10.9. The van der Waals surface area contributed by atoms with Gasteiger partial charge in [-0.1, -0.05) is 18.2 Å². The van der Waals surface area contributed by atoms with Crippen molar-refractivity contribution >= 4 is 5.97 Å². The van der Waals surface area contributed by atoms with Gasteiger partial charge in [-0.25, -0.2) is 18.3 Å². The van der Waals surface area contributed by atoms with Gasteiger partial charge in [-0.2, -0.15) is 0 Å². The molecule has 0 saturated heterocycles. The zero-order chi connectivity index (χ0) is 14.0. The van der Waals surface area contributed by atoms with Crippen LogP contribution in [0.1, 0.15) is 28.7 Å². The third-order valence-corrected chi connectivity index (χ3v) is 2.69. The molecule has 0 radical (unpaired) electrons. The molecule has 1 aromatic carbocycles. The third-order valence-electron chi connectivity index (χ3n) is 2.69. The second-order valence-corrected chi connectivity index (χ2v) is 3.95. The number of benzene rings is 1. The highest BCUT2D eigenvalue weighted by Gasteiger charge is 2.17. The minimum Gasteiger partial charge on any atom is -0.476 e. The molecule has 19 heavy (non-hydrogen) atoms. The number of carboxylic acids is 1. The van der Waals surface area contributed by atoms with Crippen LogP contribution in [0, 0.1) is 11.6 Å². The fraction of sp³-hybridized carbons (Fsp3) is 0.250. The Kier molecular flexibility index (Phi) is 3.55. The van der Waals surface area contributed by atoms with E-state index in [0.717, 1.165) is 12.1 Å². The fourth-order valence-electron chi connectivity index (χ4n) is 1.79. The van der Waals surface area contributed by atoms with Gasteiger partial charge in [-0.3, -0.25) is 0 Å². The maximum absolute atomic E-state index is 13.1. The van der Waals surface area contributed by atoms with Crippen molar-refractivity contribution in [1.82, 2.24) is 15.0 Å². The first-order valence-corrected chi connectivity index (χ1v) is 5.62. The summed E-state index contributed by atoms with van der Waals surface area (Å²) < 4.78 is 27.3. The van der Waals surface area contributed by atoms with E-state index < -0.39 is 17.6 Å². The van der Waals surface area contributed by atoms with E-state index in [1.54, 1.807) is 6.92 Å². The van der Waals surface area contributed by atoms with E-state index in [0.29, 0.717) is 17.7 Å². The summed E-state index contributed by atoms with van der Waals surface area (Å²) in [7, 11) is 0. The third kappa shape index (κ3) is 2.59. The number of nitrogens with zero attached hydrogens (tertiary/aromatic N) is 3. The lowest BCUT2D eigenvalue weighted by atomic mass is 10.2. The molecule has 0 aliphatic heterocycles. The van der Waals surface area contributed by atoms with Gasteiger partial charge in [-0.05, 0) is 24.1 Å². The Bertz CT molecular complexity index is 625. The first-order chi connectivity index (χ1) is 9.02. The van der Waals surface area contributed by atoms with Gasteiger partial charge in [0.15, 0.2) is 17.3 Å². The molecule has 0 amide bonds. The molecule has 0 aliphatic rings. The summed E-state index contributed by atoms with van der Waals surface area (Å²) >= 11 is 0. The number of carboxylic acid groups (broad SMARTS) is 1. The van der Waals surface area contributed by atoms with Crippen LogP contribution in [0.3, 0.4) is 0 Å². The molecule has 1 heterocycles. The highest BCUT2D eigenvalue weighted by molar-refractivity contribution is 5.86. The predicted octanol–water partition coefficient (Wildman–Crippen LogP) is 1.87. The minimum atomic E-state index is -1.16. The second kappa shape index (κ2) is 5.13. The van der Waals surface area contributed by atoms with Crippen molar-refractivity contribution in [1.29, 1.82) is 0 Å². The van der Waals surface area contributed by atoms with E-state index in [4.69, 9.17) is 5.11 Å². The molecule has 0 fully saturated rings. The van der Waals surface area contributed by atoms with Crippen LogP contribution in [0.4, 0.5) is 8.78 Å². The van der Waals surface area contributed by atoms with Gasteiger partial charge in [-0.15, -0.1) is 5.10 Å². The number of hydrogen-bond donors (Lipinski definition) is 1. The zero-order valence-corrected chi connectivity index (χ0v) is 10.1. The molecule has 0 bridgehead atoms. The van der Waals surface area contributed by atoms with Crippen LogP contribution >= 0.6 is 0 Å². The van der Waals surface area contributed by atoms with E-state index >= 15 is 0 Å². The molecule has 1 aromatic heterocycles. The average molecular weight is 267 g/mol. The summed E-state index contributed by atoms with van der Waals surface area (Å²) in [6.45, 7) is 1.91. The SMILES string of the molecule is CCc1c(C(=O)O)nnn1Cc1ccc(F)c(F)c1. The fourth-order valence-corrected chi connectivity index (χ4v) is 1.79. The average Bonchev–Trinajstić information content (AvgIpc) is 2.76. The Labute approximate surface area is 107 Å². The Balaban J connectivity index is 2.33. The monoisotopic (exact) mass is 267 g/mol. The molecule has 5 nitrogen and oxygen atoms in total. The van der Waals surface area contributed by atoms with E-state index in [-0.39, 0.29) is 12.2 Å². The molecule has 0 spiro atoms. The van der Waals surface area contributed by atoms with Crippen LogP contribution in [0.15, 0.2) is 18.2 Å². The molecule has 7 heteroatoms. The van der Waals surface area contributed by atoms with Gasteiger partial charge in [0, 0.05) is 0 Å². The second-order valence-electron chi connectivity index (χ2n) is 3.95. The maximum Gasteiger partial charge on any atom is 0.358 e. The lowest BCUT2D eigenvalue weighted by molar-refractivity contribution is 0.0689. The van der Waals surface area contributed by atoms with Crippen molar-refractivity contribution < 1.29 is 18.7 Å². The molecule has 2 aromatic rings. The van der Waals surface area contributed by atoms with E-state index in [1.807, 2.05) is 0 Å². The van der Waals surface area contributed by atoms with Gasteiger partial charge >= 0.3 is 5.97 Å². The number of hydrogen-bond acceptors (Lipinski definition) is 3. The Morgan fingerprint density at radius 3 is 2.68 bits per heavy atom. The molecule has 0 aliphatic carbocycles. The van der Waals surface area contributed by atoms with Crippen molar-refractivity contribution in [3.63, 3.8) is 0 Å². The first kappa shape index (κ1) is 13.1. The highest BCUT2D eigenvalue weighted by Crippen LogP contribution is 2.13. The number of aromatic carboxylic acids is 1. The zero-order valence-electron chi connectivity index (χ0n) is 10.1. The summed E-state index contributed by atoms with van der Waals surface area (Å²) in [5.74, 6) is -3.04. The van der Waals surface area contributed by atoms with Crippen molar-refractivity contribution in [3.05, 3.63) is 46.8 Å². The summed E-state index contributed by atoms with van der Waals surface area (Å²) in [6, 6.07) is 3.49. The van der Waals surface area contributed by atoms with Crippen molar-refractivity contribution in [2.45, 2.75) is 19.9 Å². The van der Waals surface area contributed by atoms with Crippen LogP contribution < -0.4 is 0 Å². The lowest BCUT2D eigenvalue weighted by Gasteiger charge is -2.05. The molecule has 100 valence electrons. The summed E-state index contributed by atoms with van der Waals surface area (Å²) in [5.41, 5.74) is 0.803. The molecule has 0 atom stereocenters. The van der Waals surface area contributed by atoms with Crippen molar-refractivity contribution in [3.8, 4) is 0 Å². The van der Waals surface area contributed by atoms with E-state index in [1.165, 1.54) is 10.7 Å². The Morgan fingerprint density at radius 1 is 1.37 bits per heavy atom. The Morgan fingerprint density at radius 2 is 2.11 bits per heavy atom. The molecular weight excluding hydrogens is 256 g/mol. The first-order valence-electron chi connectivity index (χ1n) is 5.62. The molecule has 0 saturated carbocycles. The van der Waals surface area contributed by atoms with E-state index in [2.05, 4.69) is 10.3 Å². The standard InChI is InChI=1S/C12H11F2N3O2/c1-2-10-11(12(18)19)15-16-17(10)6-7-3-4-8(13)9(14)5-7/h3-5H,2,6H2,1H3,(H,18,19). The lowest BCUT2D eigenvalue weighted by Crippen LogP contribution is -2.09. The summed E-state index contributed by atoms with van der Waals surface area (Å²) in [5, 5.41) is 16.2. The largest absolute Gasteiger partial charge is 0.476 e. The minimum absolute atomic E-state index is 0.120. The highest BCUT2D eigenvalue weighted by atomic mass is 19.2. The maximum atomic E-state index is 13.1. The van der Waals surface area contributed by atoms with Gasteiger partial charge < -0.3 is 5.11 Å². The van der Waals surface area contributed by atoms with Gasteiger partial charge in [0.05, 0.1) is 12.2 Å². The van der Waals surface area contributed by atoms with Crippen LogP contribution in [0.5, 0.6) is 0 Å². The van der Waals surface area contributed by atoms with Gasteiger partial charge in [0.1, 0.15) is 0 Å². The van der Waals surface area contributed by atoms with E-state index in [9.17, 15) is 13.6 Å². The molecule has 0 unspecified atom stereocenters. The van der Waals surface area contributed by atoms with Crippen LogP contribution in [0.25, 0.3) is 0 Å². The molecule has 2 rings (SSSR count). The number of carbonyl (C=O) groups is 1. The molecular formula is C12H11F2N3O2. The normalized spacial score (nSPS) is 10.7. The smallest absolute Gasteiger partial charge is 0.358 e. The predicted molar refractivity (Wildman–Crippen MR) is 61.8 cm³/mol. The quantitative estimate of drug-likeness (QED) is 0.918. The van der Waals surface area contributed by atoms with Crippen LogP contribution in [-0.4, -0.2) is 26.1 Å². The van der Waals surface area contributed by atoms with Crippen LogP contribution in [0.2, 0.25) is 0 Å². The summed E-state index contributed by atoms with van der Waals surface area (Å²) in [6.07, 6.45) is 0.429. The topological polar surface area (TPSA) is 68.0 Å². The van der Waals surface area contributed by atoms with Crippen molar-refractivity contribution in [2.75, 3.05) is 0 Å². The molecule has 1 N–H and O–H groups in total. The Hall–Kier alpha value is -2.31. The van der Waals surface area contributed by atoms with Crippen LogP contribution in [-0.2, 0) is 13.0 Å². The number of aromatic nitrogens is 3. The van der Waals surface area contributed by atoms with Crippen molar-refractivity contribution in [2.24, 2.45) is 0 Å². The van der Waals surface area contributed by atoms with Gasteiger partial charge in [0.25, 0.3) is 0 Å². The number of halogens is 2. The van der Waals surface area contributed by atoms with Gasteiger partial charge in [0.2, 0.25) is 0 Å².